The van der Waals surface area contributed by atoms with Gasteiger partial charge in [0.1, 0.15) is 0 Å². The molecule has 0 radical (unpaired) electrons. The number of rotatable bonds is 3. The molecule has 2 aromatic rings. The van der Waals surface area contributed by atoms with Gasteiger partial charge in [-0.15, -0.1) is 0 Å². The van der Waals surface area contributed by atoms with Gasteiger partial charge in [-0.1, -0.05) is 12.1 Å². The summed E-state index contributed by atoms with van der Waals surface area (Å²) < 4.78 is 10.3. The first-order chi connectivity index (χ1) is 10.5. The van der Waals surface area contributed by atoms with Gasteiger partial charge >= 0.3 is 12.1 Å². The quantitative estimate of drug-likeness (QED) is 0.490. The predicted molar refractivity (Wildman–Crippen MR) is 75.7 cm³/mol. The molecular formula is C14H12N2O6. The van der Waals surface area contributed by atoms with E-state index >= 15 is 0 Å². The highest BCUT2D eigenvalue weighted by Crippen LogP contribution is 2.28. The van der Waals surface area contributed by atoms with Gasteiger partial charge in [0, 0.05) is 30.1 Å². The van der Waals surface area contributed by atoms with Crippen LogP contribution in [0.25, 0.3) is 11.1 Å². The molecule has 0 aliphatic heterocycles. The third kappa shape index (κ3) is 2.80. The zero-order valence-electron chi connectivity index (χ0n) is 11.8. The van der Waals surface area contributed by atoms with E-state index in [1.165, 1.54) is 44.8 Å². The zero-order chi connectivity index (χ0) is 16.3. The van der Waals surface area contributed by atoms with Crippen molar-refractivity contribution in [2.45, 2.75) is 0 Å². The molecule has 1 aromatic carbocycles. The molecule has 0 saturated heterocycles. The van der Waals surface area contributed by atoms with Gasteiger partial charge in [0.15, 0.2) is 0 Å². The molecule has 0 unspecified atom stereocenters. The molecule has 0 bridgehead atoms. The van der Waals surface area contributed by atoms with Gasteiger partial charge in [-0.2, -0.15) is 0 Å². The van der Waals surface area contributed by atoms with E-state index < -0.39 is 17.0 Å². The van der Waals surface area contributed by atoms with Crippen molar-refractivity contribution in [2.24, 2.45) is 0 Å². The number of nitro benzene ring substituents is 1. The lowest BCUT2D eigenvalue weighted by atomic mass is 10.0. The highest BCUT2D eigenvalue weighted by Gasteiger charge is 2.20. The second-order valence-corrected chi connectivity index (χ2v) is 4.26. The molecule has 0 atom stereocenters. The molecule has 0 amide bonds. The number of nitrogens with zero attached hydrogens (tertiary/aromatic N) is 2. The highest BCUT2D eigenvalue weighted by atomic mass is 16.6. The van der Waals surface area contributed by atoms with E-state index in [2.05, 4.69) is 9.47 Å². The summed E-state index contributed by atoms with van der Waals surface area (Å²) in [6.45, 7) is 0. The first-order valence-electron chi connectivity index (χ1n) is 6.11. The number of carbonyl (C=O) groups excluding carboxylic acids is 2. The van der Waals surface area contributed by atoms with Crippen LogP contribution in [0.15, 0.2) is 36.7 Å². The van der Waals surface area contributed by atoms with Gasteiger partial charge < -0.3 is 9.47 Å². The number of nitro groups is 1. The van der Waals surface area contributed by atoms with Gasteiger partial charge in [0.25, 0.3) is 5.69 Å². The minimum atomic E-state index is -0.693. The molecule has 1 aromatic heterocycles. The monoisotopic (exact) mass is 304 g/mol. The standard InChI is InChI=1S/C14H12N2O6/c1-21-13(17)12-8-15(14(18)22-2)7-11(12)9-4-3-5-10(6-9)16(19)20/h3-8H,1-2H3. The van der Waals surface area contributed by atoms with Crippen molar-refractivity contribution in [1.29, 1.82) is 0 Å². The number of methoxy groups -OCH3 is 2. The fourth-order valence-electron chi connectivity index (χ4n) is 1.96. The Hall–Kier alpha value is -3.16. The number of hydrogen-bond donors (Lipinski definition) is 0. The minimum Gasteiger partial charge on any atom is -0.465 e. The summed E-state index contributed by atoms with van der Waals surface area (Å²) >= 11 is 0. The van der Waals surface area contributed by atoms with Crippen LogP contribution in [0.1, 0.15) is 10.4 Å². The Morgan fingerprint density at radius 2 is 1.91 bits per heavy atom. The summed E-state index contributed by atoms with van der Waals surface area (Å²) in [5, 5.41) is 10.9. The summed E-state index contributed by atoms with van der Waals surface area (Å²) in [5.41, 5.74) is 0.728. The van der Waals surface area contributed by atoms with Crippen molar-refractivity contribution >= 4 is 17.7 Å². The number of ether oxygens (including phenoxy) is 2. The number of non-ortho nitro benzene ring substituents is 1. The van der Waals surface area contributed by atoms with Crippen molar-refractivity contribution in [3.05, 3.63) is 52.3 Å². The van der Waals surface area contributed by atoms with Crippen LogP contribution < -0.4 is 0 Å². The van der Waals surface area contributed by atoms with E-state index in [9.17, 15) is 19.7 Å². The second kappa shape index (κ2) is 6.08. The van der Waals surface area contributed by atoms with Crippen molar-refractivity contribution in [2.75, 3.05) is 14.2 Å². The average molecular weight is 304 g/mol. The van der Waals surface area contributed by atoms with Crippen molar-refractivity contribution in [3.8, 4) is 11.1 Å². The normalized spacial score (nSPS) is 10.1. The second-order valence-electron chi connectivity index (χ2n) is 4.26. The van der Waals surface area contributed by atoms with Crippen LogP contribution in [0, 0.1) is 10.1 Å². The molecule has 0 N–H and O–H groups in total. The zero-order valence-corrected chi connectivity index (χ0v) is 11.8. The molecular weight excluding hydrogens is 292 g/mol. The summed E-state index contributed by atoms with van der Waals surface area (Å²) in [5.74, 6) is -0.663. The van der Waals surface area contributed by atoms with Crippen LogP contribution in [-0.2, 0) is 9.47 Å². The first kappa shape index (κ1) is 15.2. The molecule has 2 rings (SSSR count). The Bertz CT molecular complexity index is 750. The largest absolute Gasteiger partial charge is 0.465 e. The molecule has 0 aliphatic carbocycles. The van der Waals surface area contributed by atoms with Crippen LogP contribution in [-0.4, -0.2) is 35.8 Å². The van der Waals surface area contributed by atoms with Crippen LogP contribution in [0.2, 0.25) is 0 Å². The molecule has 8 nitrogen and oxygen atoms in total. The molecule has 0 spiro atoms. The Kier molecular flexibility index (Phi) is 4.21. The van der Waals surface area contributed by atoms with Crippen LogP contribution in [0.4, 0.5) is 10.5 Å². The van der Waals surface area contributed by atoms with Crippen LogP contribution >= 0.6 is 0 Å². The van der Waals surface area contributed by atoms with Crippen molar-refractivity contribution in [1.82, 2.24) is 4.57 Å². The lowest BCUT2D eigenvalue weighted by Gasteiger charge is -2.02. The maximum absolute atomic E-state index is 11.8. The van der Waals surface area contributed by atoms with Gasteiger partial charge in [0.05, 0.1) is 24.7 Å². The molecule has 22 heavy (non-hydrogen) atoms. The predicted octanol–water partition coefficient (Wildman–Crippen LogP) is 2.46. The third-order valence-corrected chi connectivity index (χ3v) is 2.99. The van der Waals surface area contributed by atoms with E-state index in [1.807, 2.05) is 0 Å². The number of aromatic nitrogens is 1. The highest BCUT2D eigenvalue weighted by molar-refractivity contribution is 5.98. The molecule has 0 aliphatic rings. The molecule has 0 fully saturated rings. The first-order valence-corrected chi connectivity index (χ1v) is 6.11. The van der Waals surface area contributed by atoms with Gasteiger partial charge in [0.2, 0.25) is 0 Å². The molecule has 8 heteroatoms. The van der Waals surface area contributed by atoms with E-state index in [0.717, 1.165) is 4.57 Å². The third-order valence-electron chi connectivity index (χ3n) is 2.99. The number of esters is 1. The van der Waals surface area contributed by atoms with Gasteiger partial charge in [-0.3, -0.25) is 14.7 Å². The molecule has 1 heterocycles. The minimum absolute atomic E-state index is 0.105. The summed E-state index contributed by atoms with van der Waals surface area (Å²) in [4.78, 5) is 33.7. The van der Waals surface area contributed by atoms with Gasteiger partial charge in [-0.05, 0) is 5.56 Å². The molecule has 114 valence electrons. The fourth-order valence-corrected chi connectivity index (χ4v) is 1.96. The Balaban J connectivity index is 2.60. The van der Waals surface area contributed by atoms with Gasteiger partial charge in [-0.25, -0.2) is 9.59 Å². The van der Waals surface area contributed by atoms with E-state index in [-0.39, 0.29) is 11.3 Å². The average Bonchev–Trinajstić information content (AvgIpc) is 2.98. The fraction of sp³-hybridized carbons (Fsp3) is 0.143. The van der Waals surface area contributed by atoms with Crippen molar-refractivity contribution < 1.29 is 24.0 Å². The number of benzene rings is 1. The lowest BCUT2D eigenvalue weighted by molar-refractivity contribution is -0.384. The Morgan fingerprint density at radius 3 is 2.50 bits per heavy atom. The molecule has 0 saturated carbocycles. The topological polar surface area (TPSA) is 101 Å². The smallest absolute Gasteiger partial charge is 0.417 e. The van der Waals surface area contributed by atoms with E-state index in [4.69, 9.17) is 0 Å². The Labute approximate surface area is 125 Å². The van der Waals surface area contributed by atoms with Crippen LogP contribution in [0.3, 0.4) is 0 Å². The maximum atomic E-state index is 11.8. The van der Waals surface area contributed by atoms with Crippen molar-refractivity contribution in [3.63, 3.8) is 0 Å². The lowest BCUT2D eigenvalue weighted by Crippen LogP contribution is -2.09. The van der Waals surface area contributed by atoms with E-state index in [0.29, 0.717) is 11.1 Å². The maximum Gasteiger partial charge on any atom is 0.417 e. The number of hydrogen-bond acceptors (Lipinski definition) is 6. The summed E-state index contributed by atoms with van der Waals surface area (Å²) in [7, 11) is 2.40. The summed E-state index contributed by atoms with van der Waals surface area (Å²) in [6.07, 6.45) is 1.92. The Morgan fingerprint density at radius 1 is 1.18 bits per heavy atom. The summed E-state index contributed by atoms with van der Waals surface area (Å²) in [6, 6.07) is 5.72. The SMILES string of the molecule is COC(=O)c1cn(C(=O)OC)cc1-c1cccc([N+](=O)[O-])c1. The number of carbonyl (C=O) groups is 2. The van der Waals surface area contributed by atoms with Crippen LogP contribution in [0.5, 0.6) is 0 Å². The van der Waals surface area contributed by atoms with E-state index in [1.54, 1.807) is 6.07 Å².